The predicted octanol–water partition coefficient (Wildman–Crippen LogP) is 7.33. The molecule has 5 aromatic rings. The van der Waals surface area contributed by atoms with Crippen molar-refractivity contribution in [2.45, 2.75) is 0 Å². The van der Waals surface area contributed by atoms with Crippen LogP contribution < -0.4 is 18.9 Å². The molecule has 0 amide bonds. The van der Waals surface area contributed by atoms with E-state index in [1.165, 1.54) is 12.1 Å². The molecule has 44 heavy (non-hydrogen) atoms. The molecule has 2 N–H and O–H groups in total. The van der Waals surface area contributed by atoms with Gasteiger partial charge in [-0.25, -0.2) is 9.59 Å². The topological polar surface area (TPSA) is 112 Å². The van der Waals surface area contributed by atoms with Gasteiger partial charge in [-0.2, -0.15) is 0 Å². The highest BCUT2D eigenvalue weighted by Crippen LogP contribution is 2.34. The van der Waals surface area contributed by atoms with E-state index in [9.17, 15) is 19.8 Å². The highest BCUT2D eigenvalue weighted by atomic mass is 16.6. The fraction of sp³-hybridized carbons (Fsp3) is 0.111. The summed E-state index contributed by atoms with van der Waals surface area (Å²) in [7, 11) is 0. The maximum atomic E-state index is 12.1. The van der Waals surface area contributed by atoms with Crippen molar-refractivity contribution in [1.82, 2.24) is 0 Å². The summed E-state index contributed by atoms with van der Waals surface area (Å²) in [6.07, 6.45) is 0. The lowest BCUT2D eigenvalue weighted by molar-refractivity contribution is 0.0645. The van der Waals surface area contributed by atoms with Gasteiger partial charge in [0.1, 0.15) is 43.5 Å². The third kappa shape index (κ3) is 7.54. The molecule has 0 saturated heterocycles. The van der Waals surface area contributed by atoms with E-state index in [0.717, 1.165) is 22.3 Å². The van der Waals surface area contributed by atoms with Gasteiger partial charge in [-0.1, -0.05) is 84.9 Å². The zero-order valence-electron chi connectivity index (χ0n) is 23.7. The molecule has 5 aromatic carbocycles. The SMILES string of the molecule is O=C(O)c1ccc(OCCOc2ccc(-c3ccccc3)cc2)c(OCCOc2ccc(-c3ccccc3)cc2)c1C(=O)O. The molecule has 0 aliphatic heterocycles. The third-order valence-corrected chi connectivity index (χ3v) is 6.70. The van der Waals surface area contributed by atoms with E-state index in [1.54, 1.807) is 0 Å². The van der Waals surface area contributed by atoms with Crippen molar-refractivity contribution in [1.29, 1.82) is 0 Å². The van der Waals surface area contributed by atoms with E-state index in [4.69, 9.17) is 18.9 Å². The second kappa shape index (κ2) is 14.4. The van der Waals surface area contributed by atoms with Crippen LogP contribution in [0.4, 0.5) is 0 Å². The maximum absolute atomic E-state index is 12.1. The summed E-state index contributed by atoms with van der Waals surface area (Å²) >= 11 is 0. The van der Waals surface area contributed by atoms with Gasteiger partial charge < -0.3 is 29.2 Å². The lowest BCUT2D eigenvalue weighted by atomic mass is 10.1. The molecule has 0 fully saturated rings. The van der Waals surface area contributed by atoms with Crippen LogP contribution >= 0.6 is 0 Å². The molecule has 0 radical (unpaired) electrons. The molecule has 5 rings (SSSR count). The van der Waals surface area contributed by atoms with Crippen LogP contribution in [0.5, 0.6) is 23.0 Å². The van der Waals surface area contributed by atoms with Gasteiger partial charge in [0.05, 0.1) is 5.56 Å². The standard InChI is InChI=1S/C36H30O8/c37-35(38)31-19-20-32(43-23-21-41-29-15-11-27(12-16-29)25-7-3-1-4-8-25)34(33(31)36(39)40)44-24-22-42-30-17-13-28(14-18-30)26-9-5-2-6-10-26/h1-20H,21-24H2,(H,37,38)(H,39,40). The van der Waals surface area contributed by atoms with Crippen LogP contribution in [0.3, 0.4) is 0 Å². The van der Waals surface area contributed by atoms with Gasteiger partial charge >= 0.3 is 11.9 Å². The van der Waals surface area contributed by atoms with Gasteiger partial charge in [0.25, 0.3) is 0 Å². The Morgan fingerprint density at radius 3 is 1.34 bits per heavy atom. The Balaban J connectivity index is 1.20. The molecule has 0 aromatic heterocycles. The van der Waals surface area contributed by atoms with E-state index in [2.05, 4.69) is 0 Å². The van der Waals surface area contributed by atoms with Crippen molar-refractivity contribution in [3.8, 4) is 45.3 Å². The zero-order chi connectivity index (χ0) is 30.7. The smallest absolute Gasteiger partial charge is 0.340 e. The molecule has 0 spiro atoms. The van der Waals surface area contributed by atoms with Crippen LogP contribution in [0.25, 0.3) is 22.3 Å². The third-order valence-electron chi connectivity index (χ3n) is 6.70. The summed E-state index contributed by atoms with van der Waals surface area (Å²) in [5.41, 5.74) is 3.37. The number of hydrogen-bond acceptors (Lipinski definition) is 6. The lowest BCUT2D eigenvalue weighted by Gasteiger charge is -2.17. The molecule has 0 aliphatic rings. The fourth-order valence-electron chi connectivity index (χ4n) is 4.57. The van der Waals surface area contributed by atoms with Gasteiger partial charge in [0.2, 0.25) is 0 Å². The van der Waals surface area contributed by atoms with Crippen LogP contribution in [0, 0.1) is 0 Å². The van der Waals surface area contributed by atoms with Crippen molar-refractivity contribution < 1.29 is 38.7 Å². The molecule has 0 aliphatic carbocycles. The van der Waals surface area contributed by atoms with Gasteiger partial charge in [-0.15, -0.1) is 0 Å². The Kier molecular flexibility index (Phi) is 9.74. The van der Waals surface area contributed by atoms with Crippen molar-refractivity contribution in [2.24, 2.45) is 0 Å². The summed E-state index contributed by atoms with van der Waals surface area (Å²) in [4.78, 5) is 23.9. The number of carbonyl (C=O) groups is 2. The minimum Gasteiger partial charge on any atom is -0.490 e. The number of benzene rings is 5. The molecule has 0 atom stereocenters. The molecular formula is C36H30O8. The minimum absolute atomic E-state index is 0.0512. The fourth-order valence-corrected chi connectivity index (χ4v) is 4.57. The Labute approximate surface area is 254 Å². The van der Waals surface area contributed by atoms with E-state index in [0.29, 0.717) is 11.5 Å². The predicted molar refractivity (Wildman–Crippen MR) is 166 cm³/mol. The summed E-state index contributed by atoms with van der Waals surface area (Å²) < 4.78 is 23.1. The second-order valence-electron chi connectivity index (χ2n) is 9.60. The quantitative estimate of drug-likeness (QED) is 0.129. The number of aromatic carboxylic acids is 2. The normalized spacial score (nSPS) is 10.5. The second-order valence-corrected chi connectivity index (χ2v) is 9.60. The molecule has 0 heterocycles. The van der Waals surface area contributed by atoms with Crippen molar-refractivity contribution in [3.63, 3.8) is 0 Å². The molecule has 0 saturated carbocycles. The molecule has 8 nitrogen and oxygen atoms in total. The molecule has 0 unspecified atom stereocenters. The number of carboxylic acids is 2. The number of ether oxygens (including phenoxy) is 4. The van der Waals surface area contributed by atoms with Gasteiger partial charge in [0.15, 0.2) is 11.5 Å². The van der Waals surface area contributed by atoms with Gasteiger partial charge in [-0.3, -0.25) is 0 Å². The average Bonchev–Trinajstić information content (AvgIpc) is 3.06. The zero-order valence-corrected chi connectivity index (χ0v) is 23.7. The van der Waals surface area contributed by atoms with E-state index in [-0.39, 0.29) is 37.9 Å². The molecule has 8 heteroatoms. The van der Waals surface area contributed by atoms with Gasteiger partial charge in [0, 0.05) is 0 Å². The average molecular weight is 591 g/mol. The summed E-state index contributed by atoms with van der Waals surface area (Å²) in [5.74, 6) is -1.69. The lowest BCUT2D eigenvalue weighted by Crippen LogP contribution is -2.16. The van der Waals surface area contributed by atoms with Crippen molar-refractivity contribution in [2.75, 3.05) is 26.4 Å². The summed E-state index contributed by atoms with van der Waals surface area (Å²) in [6.45, 7) is 0.259. The van der Waals surface area contributed by atoms with Crippen LogP contribution in [0.1, 0.15) is 20.7 Å². The number of rotatable bonds is 14. The largest absolute Gasteiger partial charge is 0.490 e. The minimum atomic E-state index is -1.45. The summed E-state index contributed by atoms with van der Waals surface area (Å²) in [5, 5.41) is 19.4. The van der Waals surface area contributed by atoms with E-state index >= 15 is 0 Å². The Hall–Kier alpha value is -5.76. The highest BCUT2D eigenvalue weighted by molar-refractivity contribution is 6.04. The summed E-state index contributed by atoms with van der Waals surface area (Å²) in [6, 6.07) is 37.6. The molecule has 0 bridgehead atoms. The van der Waals surface area contributed by atoms with Gasteiger partial charge in [-0.05, 0) is 58.7 Å². The Morgan fingerprint density at radius 1 is 0.455 bits per heavy atom. The monoisotopic (exact) mass is 590 g/mol. The first-order valence-corrected chi connectivity index (χ1v) is 14.0. The van der Waals surface area contributed by atoms with Crippen LogP contribution in [-0.4, -0.2) is 48.6 Å². The maximum Gasteiger partial charge on any atom is 0.340 e. The number of carboxylic acid groups (broad SMARTS) is 2. The van der Waals surface area contributed by atoms with E-state index in [1.807, 2.05) is 109 Å². The first-order valence-electron chi connectivity index (χ1n) is 14.0. The Morgan fingerprint density at radius 2 is 0.886 bits per heavy atom. The molecule has 222 valence electrons. The first-order chi connectivity index (χ1) is 21.5. The van der Waals surface area contributed by atoms with E-state index < -0.39 is 23.1 Å². The van der Waals surface area contributed by atoms with Crippen molar-refractivity contribution in [3.05, 3.63) is 132 Å². The van der Waals surface area contributed by atoms with Crippen LogP contribution in [0.2, 0.25) is 0 Å². The highest BCUT2D eigenvalue weighted by Gasteiger charge is 2.25. The van der Waals surface area contributed by atoms with Crippen LogP contribution in [-0.2, 0) is 0 Å². The Bertz CT molecular complexity index is 1680. The molecular weight excluding hydrogens is 560 g/mol. The van der Waals surface area contributed by atoms with Crippen LogP contribution in [0.15, 0.2) is 121 Å². The van der Waals surface area contributed by atoms with Crippen molar-refractivity contribution >= 4 is 11.9 Å². The first kappa shape index (κ1) is 29.7. The number of hydrogen-bond donors (Lipinski definition) is 2.